The van der Waals surface area contributed by atoms with E-state index in [4.69, 9.17) is 4.74 Å². The Kier molecular flexibility index (Phi) is 5.75. The van der Waals surface area contributed by atoms with E-state index in [2.05, 4.69) is 10.4 Å². The van der Waals surface area contributed by atoms with Gasteiger partial charge in [-0.2, -0.15) is 5.10 Å². The van der Waals surface area contributed by atoms with Gasteiger partial charge in [0.2, 0.25) is 5.91 Å². The summed E-state index contributed by atoms with van der Waals surface area (Å²) in [6.07, 6.45) is 0.165. The molecular weight excluding hydrogens is 392 g/mol. The quantitative estimate of drug-likeness (QED) is 0.691. The molecule has 2 aromatic carbocycles. The van der Waals surface area contributed by atoms with Gasteiger partial charge < -0.3 is 15.0 Å². The van der Waals surface area contributed by atoms with E-state index in [1.807, 2.05) is 67.1 Å². The number of rotatable bonds is 5. The molecule has 4 rings (SSSR count). The van der Waals surface area contributed by atoms with Crippen LogP contribution in [0.4, 0.5) is 5.69 Å². The molecule has 1 aliphatic heterocycles. The van der Waals surface area contributed by atoms with Crippen LogP contribution in [0.2, 0.25) is 0 Å². The second-order valence-electron chi connectivity index (χ2n) is 7.59. The minimum Gasteiger partial charge on any atom is -0.477 e. The molecule has 0 saturated carbocycles. The van der Waals surface area contributed by atoms with Gasteiger partial charge in [-0.05, 0) is 50.1 Å². The average Bonchev–Trinajstić information content (AvgIpc) is 3.09. The minimum atomic E-state index is -0.729. The van der Waals surface area contributed by atoms with E-state index in [9.17, 15) is 9.59 Å². The summed E-state index contributed by atoms with van der Waals surface area (Å²) in [5.41, 5.74) is 4.71. The second-order valence-corrected chi connectivity index (χ2v) is 7.59. The molecule has 0 fully saturated rings. The first-order chi connectivity index (χ1) is 15.0. The maximum atomic E-state index is 13.2. The van der Waals surface area contributed by atoms with E-state index in [1.165, 1.54) is 0 Å². The zero-order chi connectivity index (χ0) is 22.0. The fourth-order valence-electron chi connectivity index (χ4n) is 3.99. The van der Waals surface area contributed by atoms with Crippen molar-refractivity contribution in [1.82, 2.24) is 15.1 Å². The maximum Gasteiger partial charge on any atom is 0.262 e. The number of aryl methyl sites for hydroxylation is 1. The van der Waals surface area contributed by atoms with Gasteiger partial charge in [0, 0.05) is 19.2 Å². The van der Waals surface area contributed by atoms with Gasteiger partial charge in [-0.1, -0.05) is 30.3 Å². The number of fused-ring (bicyclic) bond motifs is 1. The number of nitrogens with zero attached hydrogens (tertiary/aromatic N) is 3. The Hall–Kier alpha value is -3.61. The number of aromatic nitrogens is 2. The van der Waals surface area contributed by atoms with Crippen molar-refractivity contribution in [2.75, 3.05) is 18.5 Å². The number of carbonyl (C=O) groups is 2. The number of hydrogen-bond donors (Lipinski definition) is 1. The highest BCUT2D eigenvalue weighted by Gasteiger charge is 2.33. The summed E-state index contributed by atoms with van der Waals surface area (Å²) in [4.78, 5) is 27.0. The summed E-state index contributed by atoms with van der Waals surface area (Å²) < 4.78 is 7.72. The van der Waals surface area contributed by atoms with Crippen LogP contribution in [0.5, 0.6) is 5.75 Å². The molecule has 1 atom stereocenters. The standard InChI is InChI=1S/C24H26N4O3/c1-16-19(17(2)28(26-16)18-9-5-4-6-10-18)13-14-23(29)27-15-22(24(30)25-3)31-21-12-8-7-11-20(21)27/h4-12,22H,13-15H2,1-3H3,(H,25,30)/t22-/m0/s1. The number of carbonyl (C=O) groups excluding carboxylic acids is 2. The number of nitrogens with one attached hydrogen (secondary N) is 1. The second kappa shape index (κ2) is 8.63. The van der Waals surface area contributed by atoms with Crippen LogP contribution in [0.1, 0.15) is 23.4 Å². The fraction of sp³-hybridized carbons (Fsp3) is 0.292. The molecule has 2 heterocycles. The van der Waals surface area contributed by atoms with Gasteiger partial charge in [0.05, 0.1) is 23.6 Å². The van der Waals surface area contributed by atoms with Crippen molar-refractivity contribution in [3.05, 3.63) is 71.5 Å². The van der Waals surface area contributed by atoms with Crippen LogP contribution < -0.4 is 15.0 Å². The molecular formula is C24H26N4O3. The summed E-state index contributed by atoms with van der Waals surface area (Å²) in [6, 6.07) is 17.3. The Morgan fingerprint density at radius 2 is 1.81 bits per heavy atom. The molecule has 31 heavy (non-hydrogen) atoms. The highest BCUT2D eigenvalue weighted by Crippen LogP contribution is 2.34. The van der Waals surface area contributed by atoms with Gasteiger partial charge in [0.1, 0.15) is 5.75 Å². The van der Waals surface area contributed by atoms with E-state index in [0.29, 0.717) is 24.3 Å². The van der Waals surface area contributed by atoms with Gasteiger partial charge >= 0.3 is 0 Å². The summed E-state index contributed by atoms with van der Waals surface area (Å²) in [5, 5.41) is 7.28. The number of anilines is 1. The van der Waals surface area contributed by atoms with E-state index >= 15 is 0 Å². The van der Waals surface area contributed by atoms with Gasteiger partial charge in [-0.3, -0.25) is 9.59 Å². The van der Waals surface area contributed by atoms with Crippen LogP contribution in [-0.2, 0) is 16.0 Å². The SMILES string of the molecule is CNC(=O)[C@@H]1CN(C(=O)CCc2c(C)nn(-c3ccccc3)c2C)c2ccccc2O1. The van der Waals surface area contributed by atoms with Crippen LogP contribution in [0, 0.1) is 13.8 Å². The first kappa shape index (κ1) is 20.7. The molecule has 160 valence electrons. The Morgan fingerprint density at radius 1 is 1.10 bits per heavy atom. The fourth-order valence-corrected chi connectivity index (χ4v) is 3.99. The zero-order valence-electron chi connectivity index (χ0n) is 18.0. The molecule has 1 aromatic heterocycles. The van der Waals surface area contributed by atoms with Crippen LogP contribution in [0.3, 0.4) is 0 Å². The Bertz CT molecular complexity index is 1110. The third-order valence-electron chi connectivity index (χ3n) is 5.64. The maximum absolute atomic E-state index is 13.2. The molecule has 0 bridgehead atoms. The molecule has 0 spiro atoms. The minimum absolute atomic E-state index is 0.0454. The summed E-state index contributed by atoms with van der Waals surface area (Å²) >= 11 is 0. The lowest BCUT2D eigenvalue weighted by atomic mass is 10.1. The molecule has 7 heteroatoms. The molecule has 1 aliphatic rings. The van der Waals surface area contributed by atoms with Gasteiger partial charge in [-0.25, -0.2) is 4.68 Å². The van der Waals surface area contributed by atoms with Crippen molar-refractivity contribution in [1.29, 1.82) is 0 Å². The molecule has 2 amide bonds. The van der Waals surface area contributed by atoms with Crippen molar-refractivity contribution in [2.24, 2.45) is 0 Å². The first-order valence-electron chi connectivity index (χ1n) is 10.4. The van der Waals surface area contributed by atoms with Crippen molar-refractivity contribution in [3.8, 4) is 11.4 Å². The highest BCUT2D eigenvalue weighted by atomic mass is 16.5. The number of para-hydroxylation sites is 3. The van der Waals surface area contributed by atoms with Crippen LogP contribution in [-0.4, -0.2) is 41.3 Å². The largest absolute Gasteiger partial charge is 0.477 e. The highest BCUT2D eigenvalue weighted by molar-refractivity contribution is 5.97. The molecule has 7 nitrogen and oxygen atoms in total. The predicted molar refractivity (Wildman–Crippen MR) is 119 cm³/mol. The molecule has 0 radical (unpaired) electrons. The monoisotopic (exact) mass is 418 g/mol. The number of hydrogen-bond acceptors (Lipinski definition) is 4. The Morgan fingerprint density at radius 3 is 2.55 bits per heavy atom. The molecule has 0 unspecified atom stereocenters. The smallest absolute Gasteiger partial charge is 0.262 e. The lowest BCUT2D eigenvalue weighted by Crippen LogP contribution is -2.50. The van der Waals surface area contributed by atoms with Crippen LogP contribution in [0.25, 0.3) is 5.69 Å². The van der Waals surface area contributed by atoms with E-state index in [0.717, 1.165) is 22.6 Å². The zero-order valence-corrected chi connectivity index (χ0v) is 18.0. The van der Waals surface area contributed by atoms with E-state index in [1.54, 1.807) is 18.0 Å². The van der Waals surface area contributed by atoms with Crippen molar-refractivity contribution < 1.29 is 14.3 Å². The Balaban J connectivity index is 1.54. The molecule has 0 saturated heterocycles. The van der Waals surface area contributed by atoms with E-state index in [-0.39, 0.29) is 18.4 Å². The Labute approximate surface area is 181 Å². The lowest BCUT2D eigenvalue weighted by Gasteiger charge is -2.34. The number of ether oxygens (including phenoxy) is 1. The molecule has 1 N–H and O–H groups in total. The van der Waals surface area contributed by atoms with Crippen molar-refractivity contribution in [3.63, 3.8) is 0 Å². The molecule has 0 aliphatic carbocycles. The number of likely N-dealkylation sites (N-methyl/N-ethyl adjacent to an activating group) is 1. The average molecular weight is 418 g/mol. The normalized spacial score (nSPS) is 15.2. The molecule has 3 aromatic rings. The predicted octanol–water partition coefficient (Wildman–Crippen LogP) is 2.96. The summed E-state index contributed by atoms with van der Waals surface area (Å²) in [5.74, 6) is 0.249. The third kappa shape index (κ3) is 4.03. The van der Waals surface area contributed by atoms with Gasteiger partial charge in [0.25, 0.3) is 5.91 Å². The van der Waals surface area contributed by atoms with E-state index < -0.39 is 6.10 Å². The summed E-state index contributed by atoms with van der Waals surface area (Å²) in [6.45, 7) is 4.19. The van der Waals surface area contributed by atoms with Crippen molar-refractivity contribution in [2.45, 2.75) is 32.8 Å². The lowest BCUT2D eigenvalue weighted by molar-refractivity contribution is -0.127. The summed E-state index contributed by atoms with van der Waals surface area (Å²) in [7, 11) is 1.56. The van der Waals surface area contributed by atoms with Crippen LogP contribution >= 0.6 is 0 Å². The number of benzene rings is 2. The van der Waals surface area contributed by atoms with Gasteiger partial charge in [-0.15, -0.1) is 0 Å². The third-order valence-corrected chi connectivity index (χ3v) is 5.64. The van der Waals surface area contributed by atoms with Crippen LogP contribution in [0.15, 0.2) is 54.6 Å². The van der Waals surface area contributed by atoms with Crippen molar-refractivity contribution >= 4 is 17.5 Å². The topological polar surface area (TPSA) is 76.5 Å². The number of amides is 2. The van der Waals surface area contributed by atoms with Gasteiger partial charge in [0.15, 0.2) is 6.10 Å². The first-order valence-corrected chi connectivity index (χ1v) is 10.4.